The van der Waals surface area contributed by atoms with Crippen molar-refractivity contribution >= 4 is 23.4 Å². The summed E-state index contributed by atoms with van der Waals surface area (Å²) in [6, 6.07) is 24.3. The first-order chi connectivity index (χ1) is 18.9. The van der Waals surface area contributed by atoms with E-state index in [9.17, 15) is 9.90 Å². The molecular formula is C36H36N2O2. The lowest BCUT2D eigenvalue weighted by Crippen LogP contribution is -2.44. The topological polar surface area (TPSA) is 64.3 Å². The van der Waals surface area contributed by atoms with Gasteiger partial charge in [-0.15, -0.1) is 0 Å². The minimum atomic E-state index is -1.21. The summed E-state index contributed by atoms with van der Waals surface area (Å²) in [6.45, 7) is 14.6. The summed E-state index contributed by atoms with van der Waals surface area (Å²) >= 11 is 0. The fourth-order valence-corrected chi connectivity index (χ4v) is 7.72. The van der Waals surface area contributed by atoms with Gasteiger partial charge in [0, 0.05) is 23.3 Å². The van der Waals surface area contributed by atoms with Crippen molar-refractivity contribution in [2.75, 3.05) is 4.90 Å². The van der Waals surface area contributed by atoms with Gasteiger partial charge in [-0.1, -0.05) is 90.1 Å². The second-order valence-corrected chi connectivity index (χ2v) is 13.2. The third kappa shape index (κ3) is 3.47. The lowest BCUT2D eigenvalue weighted by Gasteiger charge is -2.47. The molecule has 2 atom stereocenters. The molecule has 4 nitrogen and oxygen atoms in total. The monoisotopic (exact) mass is 528 g/mol. The first-order valence-corrected chi connectivity index (χ1v) is 14.1. The van der Waals surface area contributed by atoms with Crippen LogP contribution in [0.1, 0.15) is 69.7 Å². The summed E-state index contributed by atoms with van der Waals surface area (Å²) in [7, 11) is 0. The van der Waals surface area contributed by atoms with E-state index in [2.05, 4.69) is 107 Å². The minimum absolute atomic E-state index is 0.0179. The van der Waals surface area contributed by atoms with Gasteiger partial charge >= 0.3 is 5.97 Å². The Morgan fingerprint density at radius 1 is 0.950 bits per heavy atom. The van der Waals surface area contributed by atoms with Crippen LogP contribution in [0.5, 0.6) is 0 Å². The van der Waals surface area contributed by atoms with Crippen molar-refractivity contribution in [2.45, 2.75) is 59.9 Å². The van der Waals surface area contributed by atoms with E-state index < -0.39 is 5.97 Å². The molecule has 0 radical (unpaired) electrons. The SMILES string of the molecule is CC1(C)C2c3cc(/C=C/C=C(\C#N)C(=O)O)ccc3N(c3ccc4c(c3)Cc3ccccc3-4)C2C(C)(C)C1(C)C. The fraction of sp³-hybridized carbons (Fsp3) is 0.333. The molecule has 1 N–H and O–H groups in total. The van der Waals surface area contributed by atoms with Crippen molar-refractivity contribution in [1.82, 2.24) is 0 Å². The number of nitrogens with zero attached hydrogens (tertiary/aromatic N) is 2. The maximum absolute atomic E-state index is 11.2. The molecule has 6 rings (SSSR count). The molecule has 4 heteroatoms. The Bertz CT molecular complexity index is 1660. The molecule has 0 aromatic heterocycles. The first kappa shape index (κ1) is 26.1. The molecule has 3 aliphatic rings. The number of rotatable bonds is 4. The summed E-state index contributed by atoms with van der Waals surface area (Å²) in [6.07, 6.45) is 5.87. The standard InChI is InChI=1S/C36H36N2O2/c1-34(2)31-29-18-22(10-9-12-24(21-37)33(39)40)14-17-30(29)38(32(31)35(3,4)36(34,5)6)26-15-16-28-25(20-26)19-23-11-7-8-13-27(23)28/h7-18,20,31-32H,19H2,1-6H3,(H,39,40)/b10-9+,24-12+. The second kappa shape index (κ2) is 8.70. The number of nitriles is 1. The Morgan fingerprint density at radius 3 is 2.40 bits per heavy atom. The van der Waals surface area contributed by atoms with Crippen molar-refractivity contribution in [3.63, 3.8) is 0 Å². The summed E-state index contributed by atoms with van der Waals surface area (Å²) in [4.78, 5) is 13.8. The molecular weight excluding hydrogens is 492 g/mol. The van der Waals surface area contributed by atoms with Crippen LogP contribution in [-0.2, 0) is 11.2 Å². The third-order valence-electron chi connectivity index (χ3n) is 10.9. The van der Waals surface area contributed by atoms with Gasteiger partial charge in [0.05, 0.1) is 0 Å². The Kier molecular flexibility index (Phi) is 5.68. The maximum Gasteiger partial charge on any atom is 0.346 e. The molecule has 40 heavy (non-hydrogen) atoms. The highest BCUT2D eigenvalue weighted by molar-refractivity contribution is 5.91. The van der Waals surface area contributed by atoms with Crippen LogP contribution in [0.25, 0.3) is 17.2 Å². The highest BCUT2D eigenvalue weighted by Crippen LogP contribution is 2.73. The molecule has 1 heterocycles. The van der Waals surface area contributed by atoms with Gasteiger partial charge in [-0.3, -0.25) is 0 Å². The van der Waals surface area contributed by atoms with E-state index in [-0.39, 0.29) is 27.9 Å². The predicted molar refractivity (Wildman–Crippen MR) is 162 cm³/mol. The Balaban J connectivity index is 1.48. The van der Waals surface area contributed by atoms with Gasteiger partial charge in [0.2, 0.25) is 0 Å². The van der Waals surface area contributed by atoms with Crippen LogP contribution in [0.4, 0.5) is 11.4 Å². The number of allylic oxidation sites excluding steroid dienone is 2. The predicted octanol–water partition coefficient (Wildman–Crippen LogP) is 8.50. The van der Waals surface area contributed by atoms with Crippen LogP contribution in [0.2, 0.25) is 0 Å². The summed E-state index contributed by atoms with van der Waals surface area (Å²) in [5.41, 5.74) is 10.1. The van der Waals surface area contributed by atoms with Crippen LogP contribution < -0.4 is 4.90 Å². The van der Waals surface area contributed by atoms with Crippen LogP contribution in [-0.4, -0.2) is 17.1 Å². The number of fused-ring (bicyclic) bond motifs is 6. The number of carbonyl (C=O) groups is 1. The molecule has 3 aromatic rings. The van der Waals surface area contributed by atoms with E-state index in [1.165, 1.54) is 45.3 Å². The number of hydrogen-bond donors (Lipinski definition) is 1. The highest BCUT2D eigenvalue weighted by atomic mass is 16.4. The quantitative estimate of drug-likeness (QED) is 0.164. The van der Waals surface area contributed by atoms with E-state index in [0.29, 0.717) is 5.92 Å². The molecule has 0 spiro atoms. The Morgan fingerprint density at radius 2 is 1.68 bits per heavy atom. The molecule has 2 unspecified atom stereocenters. The molecule has 1 saturated carbocycles. The molecule has 1 aliphatic heterocycles. The number of aliphatic carboxylic acids is 1. The van der Waals surface area contributed by atoms with Gasteiger partial charge in [-0.25, -0.2) is 4.79 Å². The summed E-state index contributed by atoms with van der Waals surface area (Å²) in [5, 5.41) is 18.3. The first-order valence-electron chi connectivity index (χ1n) is 14.1. The van der Waals surface area contributed by atoms with Crippen molar-refractivity contribution < 1.29 is 9.90 Å². The van der Waals surface area contributed by atoms with Gasteiger partial charge in [0.15, 0.2) is 0 Å². The normalized spacial score (nSPS) is 22.9. The van der Waals surface area contributed by atoms with E-state index in [4.69, 9.17) is 5.26 Å². The van der Waals surface area contributed by atoms with Gasteiger partial charge in [-0.2, -0.15) is 5.26 Å². The molecule has 3 aromatic carbocycles. The summed E-state index contributed by atoms with van der Waals surface area (Å²) in [5.74, 6) is -0.898. The van der Waals surface area contributed by atoms with Crippen LogP contribution in [0.15, 0.2) is 78.4 Å². The molecule has 202 valence electrons. The van der Waals surface area contributed by atoms with Crippen molar-refractivity contribution in [3.05, 3.63) is 101 Å². The average molecular weight is 529 g/mol. The zero-order valence-corrected chi connectivity index (χ0v) is 24.1. The number of anilines is 2. The zero-order chi connectivity index (χ0) is 28.6. The molecule has 1 fully saturated rings. The Labute approximate surface area is 237 Å². The number of hydrogen-bond acceptors (Lipinski definition) is 3. The maximum atomic E-state index is 11.2. The van der Waals surface area contributed by atoms with Gasteiger partial charge in [0.25, 0.3) is 0 Å². The number of carboxylic acid groups (broad SMARTS) is 1. The number of carboxylic acids is 1. The Hall–Kier alpha value is -4.10. The van der Waals surface area contributed by atoms with Crippen LogP contribution >= 0.6 is 0 Å². The second-order valence-electron chi connectivity index (χ2n) is 13.2. The van der Waals surface area contributed by atoms with E-state index >= 15 is 0 Å². The smallest absolute Gasteiger partial charge is 0.346 e. The zero-order valence-electron chi connectivity index (χ0n) is 24.1. The molecule has 0 bridgehead atoms. The van der Waals surface area contributed by atoms with Crippen LogP contribution in [0, 0.1) is 27.6 Å². The van der Waals surface area contributed by atoms with Gasteiger partial charge < -0.3 is 10.0 Å². The van der Waals surface area contributed by atoms with Gasteiger partial charge in [0.1, 0.15) is 11.6 Å². The lowest BCUT2D eigenvalue weighted by molar-refractivity contribution is -0.132. The molecule has 0 amide bonds. The van der Waals surface area contributed by atoms with Gasteiger partial charge in [-0.05, 0) is 86.4 Å². The number of benzene rings is 3. The fourth-order valence-electron chi connectivity index (χ4n) is 7.72. The van der Waals surface area contributed by atoms with E-state index in [0.717, 1.165) is 12.0 Å². The molecule has 0 saturated heterocycles. The lowest BCUT2D eigenvalue weighted by atomic mass is 9.59. The average Bonchev–Trinajstić information content (AvgIpc) is 3.49. The minimum Gasteiger partial charge on any atom is -0.477 e. The van der Waals surface area contributed by atoms with Crippen molar-refractivity contribution in [3.8, 4) is 17.2 Å². The largest absolute Gasteiger partial charge is 0.477 e. The van der Waals surface area contributed by atoms with Crippen molar-refractivity contribution in [1.29, 1.82) is 5.26 Å². The van der Waals surface area contributed by atoms with Crippen LogP contribution in [0.3, 0.4) is 0 Å². The highest BCUT2D eigenvalue weighted by Gasteiger charge is 2.68. The molecule has 2 aliphatic carbocycles. The third-order valence-corrected chi connectivity index (χ3v) is 10.9. The van der Waals surface area contributed by atoms with E-state index in [1.54, 1.807) is 12.1 Å². The van der Waals surface area contributed by atoms with Crippen molar-refractivity contribution in [2.24, 2.45) is 16.2 Å². The summed E-state index contributed by atoms with van der Waals surface area (Å²) < 4.78 is 0. The van der Waals surface area contributed by atoms with E-state index in [1.807, 2.05) is 6.08 Å².